The van der Waals surface area contributed by atoms with E-state index in [2.05, 4.69) is 5.32 Å². The van der Waals surface area contributed by atoms with E-state index in [0.29, 0.717) is 15.7 Å². The number of ether oxygens (including phenoxy) is 1. The number of hydrogen-bond donors (Lipinski definition) is 1. The van der Waals surface area contributed by atoms with E-state index in [4.69, 9.17) is 27.9 Å². The van der Waals surface area contributed by atoms with Gasteiger partial charge in [-0.1, -0.05) is 29.3 Å². The molecule has 1 amide bonds. The van der Waals surface area contributed by atoms with Gasteiger partial charge in [-0.3, -0.25) is 4.79 Å². The molecule has 2 aromatic rings. The molecule has 23 heavy (non-hydrogen) atoms. The van der Waals surface area contributed by atoms with Crippen molar-refractivity contribution in [2.45, 2.75) is 13.0 Å². The predicted octanol–water partition coefficient (Wildman–Crippen LogP) is 3.37. The van der Waals surface area contributed by atoms with Crippen LogP contribution in [-0.4, -0.2) is 23.1 Å². The third-order valence-electron chi connectivity index (χ3n) is 3.31. The van der Waals surface area contributed by atoms with Crippen LogP contribution < -0.4 is 5.32 Å². The molecule has 0 fully saturated rings. The van der Waals surface area contributed by atoms with Crippen LogP contribution in [0.15, 0.2) is 36.5 Å². The third kappa shape index (κ3) is 4.50. The lowest BCUT2D eigenvalue weighted by atomic mass is 10.1. The maximum atomic E-state index is 11.9. The first-order valence-electron chi connectivity index (χ1n) is 6.91. The summed E-state index contributed by atoms with van der Waals surface area (Å²) in [6.45, 7) is 1.45. The van der Waals surface area contributed by atoms with Crippen molar-refractivity contribution < 1.29 is 14.3 Å². The summed E-state index contributed by atoms with van der Waals surface area (Å²) in [6.07, 6.45) is 1.73. The molecule has 0 aliphatic heterocycles. The molecule has 0 aliphatic carbocycles. The fraction of sp³-hybridized carbons (Fsp3) is 0.250. The Balaban J connectivity index is 1.88. The van der Waals surface area contributed by atoms with E-state index in [-0.39, 0.29) is 12.6 Å². The normalized spacial score (nSPS) is 11.8. The zero-order valence-electron chi connectivity index (χ0n) is 12.7. The summed E-state index contributed by atoms with van der Waals surface area (Å²) in [6, 6.07) is 8.18. The number of esters is 1. The molecule has 0 bridgehead atoms. The van der Waals surface area contributed by atoms with Crippen molar-refractivity contribution >= 4 is 35.1 Å². The van der Waals surface area contributed by atoms with Gasteiger partial charge in [-0.15, -0.1) is 0 Å². The fourth-order valence-corrected chi connectivity index (χ4v) is 2.33. The number of benzene rings is 1. The molecule has 122 valence electrons. The lowest BCUT2D eigenvalue weighted by molar-refractivity contribution is -0.124. The molecule has 1 aromatic heterocycles. The summed E-state index contributed by atoms with van der Waals surface area (Å²) in [5.74, 6) is -0.944. The minimum Gasteiger partial charge on any atom is -0.451 e. The second kappa shape index (κ2) is 7.53. The molecule has 1 aromatic carbocycles. The second-order valence-electron chi connectivity index (χ2n) is 5.04. The first kappa shape index (κ1) is 17.4. The van der Waals surface area contributed by atoms with Crippen molar-refractivity contribution in [2.24, 2.45) is 7.05 Å². The van der Waals surface area contributed by atoms with Crippen LogP contribution in [-0.2, 0) is 16.6 Å². The Kier molecular flexibility index (Phi) is 5.69. The highest BCUT2D eigenvalue weighted by Gasteiger charge is 2.15. The molecule has 1 heterocycles. The van der Waals surface area contributed by atoms with Gasteiger partial charge in [0.1, 0.15) is 5.69 Å². The molecule has 0 unspecified atom stereocenters. The van der Waals surface area contributed by atoms with Crippen LogP contribution in [0.25, 0.3) is 0 Å². The van der Waals surface area contributed by atoms with Crippen LogP contribution >= 0.6 is 23.2 Å². The first-order valence-corrected chi connectivity index (χ1v) is 7.67. The van der Waals surface area contributed by atoms with Gasteiger partial charge < -0.3 is 14.6 Å². The first-order chi connectivity index (χ1) is 10.9. The van der Waals surface area contributed by atoms with E-state index < -0.39 is 11.9 Å². The zero-order chi connectivity index (χ0) is 17.0. The van der Waals surface area contributed by atoms with E-state index in [1.54, 1.807) is 55.1 Å². The van der Waals surface area contributed by atoms with E-state index in [1.165, 1.54) is 0 Å². The predicted molar refractivity (Wildman–Crippen MR) is 88.7 cm³/mol. The Labute approximate surface area is 144 Å². The number of hydrogen-bond acceptors (Lipinski definition) is 3. The molecular formula is C16H16Cl2N2O3. The van der Waals surface area contributed by atoms with E-state index in [0.717, 1.165) is 5.56 Å². The molecule has 0 saturated carbocycles. The Morgan fingerprint density at radius 2 is 2.00 bits per heavy atom. The number of rotatable bonds is 5. The maximum Gasteiger partial charge on any atom is 0.355 e. The van der Waals surface area contributed by atoms with E-state index in [9.17, 15) is 9.59 Å². The highest BCUT2D eigenvalue weighted by atomic mass is 35.5. The SMILES string of the molecule is C[C@@H](NC(=O)COC(=O)c1cccn1C)c1ccc(Cl)c(Cl)c1. The summed E-state index contributed by atoms with van der Waals surface area (Å²) in [7, 11) is 1.73. The zero-order valence-corrected chi connectivity index (χ0v) is 14.2. The molecule has 1 N–H and O–H groups in total. The van der Waals surface area contributed by atoms with E-state index in [1.807, 2.05) is 0 Å². The molecule has 5 nitrogen and oxygen atoms in total. The van der Waals surface area contributed by atoms with Crippen LogP contribution in [0.5, 0.6) is 0 Å². The van der Waals surface area contributed by atoms with Gasteiger partial charge in [0.05, 0.1) is 16.1 Å². The van der Waals surface area contributed by atoms with Crippen molar-refractivity contribution in [1.82, 2.24) is 9.88 Å². The second-order valence-corrected chi connectivity index (χ2v) is 5.86. The van der Waals surface area contributed by atoms with Crippen molar-refractivity contribution in [3.63, 3.8) is 0 Å². The minimum absolute atomic E-state index is 0.286. The molecule has 1 atom stereocenters. The molecule has 0 aliphatic rings. The summed E-state index contributed by atoms with van der Waals surface area (Å²) in [5.41, 5.74) is 1.19. The summed E-state index contributed by atoms with van der Waals surface area (Å²) in [5, 5.41) is 3.60. The summed E-state index contributed by atoms with van der Waals surface area (Å²) in [4.78, 5) is 23.7. The lowest BCUT2D eigenvalue weighted by Crippen LogP contribution is -2.31. The molecule has 0 radical (unpaired) electrons. The number of amides is 1. The van der Waals surface area contributed by atoms with Gasteiger partial charge >= 0.3 is 5.97 Å². The smallest absolute Gasteiger partial charge is 0.355 e. The molecule has 0 spiro atoms. The summed E-state index contributed by atoms with van der Waals surface area (Å²) >= 11 is 11.8. The van der Waals surface area contributed by atoms with Crippen LogP contribution in [0, 0.1) is 0 Å². The van der Waals surface area contributed by atoms with Gasteiger partial charge in [-0.25, -0.2) is 4.79 Å². The van der Waals surface area contributed by atoms with Crippen LogP contribution in [0.1, 0.15) is 29.0 Å². The van der Waals surface area contributed by atoms with Gasteiger partial charge in [0.15, 0.2) is 6.61 Å². The Hall–Kier alpha value is -1.98. The average Bonchev–Trinajstić information content (AvgIpc) is 2.93. The number of halogens is 2. The average molecular weight is 355 g/mol. The highest BCUT2D eigenvalue weighted by Crippen LogP contribution is 2.25. The van der Waals surface area contributed by atoms with Gasteiger partial charge in [-0.05, 0) is 36.8 Å². The van der Waals surface area contributed by atoms with E-state index >= 15 is 0 Å². The highest BCUT2D eigenvalue weighted by molar-refractivity contribution is 6.42. The van der Waals surface area contributed by atoms with Gasteiger partial charge in [0, 0.05) is 13.2 Å². The standard InChI is InChI=1S/C16H16Cl2N2O3/c1-10(11-5-6-12(17)13(18)8-11)19-15(21)9-23-16(22)14-4-3-7-20(14)2/h3-8,10H,9H2,1-2H3,(H,19,21)/t10-/m1/s1. The van der Waals surface area contributed by atoms with Crippen LogP contribution in [0.2, 0.25) is 10.0 Å². The molecule has 0 saturated heterocycles. The largest absolute Gasteiger partial charge is 0.451 e. The van der Waals surface area contributed by atoms with Gasteiger partial charge in [0.25, 0.3) is 5.91 Å². The Morgan fingerprint density at radius 1 is 1.26 bits per heavy atom. The number of nitrogens with zero attached hydrogens (tertiary/aromatic N) is 1. The third-order valence-corrected chi connectivity index (χ3v) is 4.05. The fourth-order valence-electron chi connectivity index (χ4n) is 2.03. The van der Waals surface area contributed by atoms with Crippen LogP contribution in [0.4, 0.5) is 0 Å². The van der Waals surface area contributed by atoms with Crippen molar-refractivity contribution in [1.29, 1.82) is 0 Å². The molecule has 2 rings (SSSR count). The number of aryl methyl sites for hydroxylation is 1. The number of carbonyl (C=O) groups is 2. The number of nitrogens with one attached hydrogen (secondary N) is 1. The number of aromatic nitrogens is 1. The van der Waals surface area contributed by atoms with Crippen molar-refractivity contribution in [2.75, 3.05) is 6.61 Å². The summed E-state index contributed by atoms with van der Waals surface area (Å²) < 4.78 is 6.61. The van der Waals surface area contributed by atoms with Gasteiger partial charge in [0.2, 0.25) is 0 Å². The van der Waals surface area contributed by atoms with Gasteiger partial charge in [-0.2, -0.15) is 0 Å². The lowest BCUT2D eigenvalue weighted by Gasteiger charge is -2.15. The van der Waals surface area contributed by atoms with Crippen molar-refractivity contribution in [3.05, 3.63) is 57.8 Å². The number of carbonyl (C=O) groups excluding carboxylic acids is 2. The van der Waals surface area contributed by atoms with Crippen LogP contribution in [0.3, 0.4) is 0 Å². The molecule has 7 heteroatoms. The van der Waals surface area contributed by atoms with Crippen molar-refractivity contribution in [3.8, 4) is 0 Å². The topological polar surface area (TPSA) is 60.3 Å². The Bertz CT molecular complexity index is 728. The Morgan fingerprint density at radius 3 is 2.61 bits per heavy atom. The quantitative estimate of drug-likeness (QED) is 0.837. The minimum atomic E-state index is -0.546. The maximum absolute atomic E-state index is 11.9. The molecular weight excluding hydrogens is 339 g/mol. The monoisotopic (exact) mass is 354 g/mol.